The van der Waals surface area contributed by atoms with Crippen molar-refractivity contribution in [3.63, 3.8) is 0 Å². The summed E-state index contributed by atoms with van der Waals surface area (Å²) in [6.45, 7) is 2.59. The average Bonchev–Trinajstić information content (AvgIpc) is 3.25. The van der Waals surface area contributed by atoms with E-state index in [0.717, 1.165) is 18.8 Å². The third-order valence-electron chi connectivity index (χ3n) is 5.25. The van der Waals surface area contributed by atoms with Gasteiger partial charge in [-0.3, -0.25) is 14.5 Å². The largest absolute Gasteiger partial charge is 0.372 e. The molecular weight excluding hydrogens is 360 g/mol. The molecule has 1 N–H and O–H groups in total. The van der Waals surface area contributed by atoms with Crippen molar-refractivity contribution in [2.45, 2.75) is 32.1 Å². The van der Waals surface area contributed by atoms with E-state index >= 15 is 0 Å². The molecule has 0 saturated carbocycles. The van der Waals surface area contributed by atoms with Crippen LogP contribution < -0.4 is 15.1 Å². The summed E-state index contributed by atoms with van der Waals surface area (Å²) in [5.41, 5.74) is 1.99. The molecule has 0 spiro atoms. The molecule has 0 radical (unpaired) electrons. The van der Waals surface area contributed by atoms with Gasteiger partial charge < -0.3 is 10.2 Å². The van der Waals surface area contributed by atoms with Crippen molar-refractivity contribution < 1.29 is 9.59 Å². The van der Waals surface area contributed by atoms with E-state index in [1.807, 2.05) is 17.5 Å². The van der Waals surface area contributed by atoms with Crippen LogP contribution in [-0.2, 0) is 9.59 Å². The van der Waals surface area contributed by atoms with Gasteiger partial charge in [0, 0.05) is 49.0 Å². The highest BCUT2D eigenvalue weighted by Gasteiger charge is 2.36. The van der Waals surface area contributed by atoms with Crippen LogP contribution in [0.25, 0.3) is 0 Å². The summed E-state index contributed by atoms with van der Waals surface area (Å²) in [5, 5.41) is 5.46. The Kier molecular flexibility index (Phi) is 5.38. The number of hydrogen-bond donors (Lipinski definition) is 1. The first-order chi connectivity index (χ1) is 13.2. The third-order valence-corrected chi connectivity index (χ3v) is 6.05. The highest BCUT2D eigenvalue weighted by molar-refractivity contribution is 7.13. The number of benzene rings is 1. The van der Waals surface area contributed by atoms with Crippen LogP contribution in [0.4, 0.5) is 16.5 Å². The molecule has 2 aliphatic rings. The number of anilines is 3. The summed E-state index contributed by atoms with van der Waals surface area (Å²) < 4.78 is 0. The van der Waals surface area contributed by atoms with Gasteiger partial charge in [0.2, 0.25) is 11.8 Å². The van der Waals surface area contributed by atoms with Gasteiger partial charge in [0.05, 0.1) is 5.92 Å². The molecule has 142 valence electrons. The normalized spacial score (nSPS) is 20.6. The van der Waals surface area contributed by atoms with Gasteiger partial charge in [-0.15, -0.1) is 11.3 Å². The molecule has 3 heterocycles. The van der Waals surface area contributed by atoms with Crippen molar-refractivity contribution in [2.24, 2.45) is 5.92 Å². The molecule has 0 unspecified atom stereocenters. The summed E-state index contributed by atoms with van der Waals surface area (Å²) in [4.78, 5) is 33.0. The molecule has 2 aliphatic heterocycles. The van der Waals surface area contributed by atoms with Crippen molar-refractivity contribution in [1.29, 1.82) is 0 Å². The van der Waals surface area contributed by atoms with Crippen LogP contribution in [0.15, 0.2) is 35.8 Å². The van der Waals surface area contributed by atoms with E-state index in [0.29, 0.717) is 11.7 Å². The molecule has 7 heteroatoms. The Morgan fingerprint density at radius 2 is 1.85 bits per heavy atom. The predicted octanol–water partition coefficient (Wildman–Crippen LogP) is 3.52. The molecule has 4 rings (SSSR count). The number of nitrogens with one attached hydrogen (secondary N) is 1. The van der Waals surface area contributed by atoms with Crippen LogP contribution in [-0.4, -0.2) is 36.4 Å². The van der Waals surface area contributed by atoms with Crippen LogP contribution in [0.3, 0.4) is 0 Å². The zero-order valence-corrected chi connectivity index (χ0v) is 16.1. The molecular formula is C20H24N4O2S. The van der Waals surface area contributed by atoms with Crippen molar-refractivity contribution in [3.05, 3.63) is 35.8 Å². The van der Waals surface area contributed by atoms with Crippen molar-refractivity contribution in [1.82, 2.24) is 4.98 Å². The van der Waals surface area contributed by atoms with Crippen LogP contribution >= 0.6 is 11.3 Å². The molecule has 2 amide bonds. The minimum atomic E-state index is -0.341. The topological polar surface area (TPSA) is 65.5 Å². The number of thiazole rings is 1. The lowest BCUT2D eigenvalue weighted by molar-refractivity contribution is -0.122. The van der Waals surface area contributed by atoms with Crippen LogP contribution in [0.5, 0.6) is 0 Å². The first-order valence-corrected chi connectivity index (χ1v) is 10.4. The standard InChI is InChI=1S/C20H24N4O2S/c25-18-13-15(14-24(18)20-21-9-12-27-20)19(26)22-16-5-7-17(8-6-16)23-10-3-1-2-4-11-23/h5-9,12,15H,1-4,10-11,13-14H2,(H,22,26)/t15-/m0/s1. The number of amides is 2. The molecule has 0 bridgehead atoms. The number of hydrogen-bond acceptors (Lipinski definition) is 5. The van der Waals surface area contributed by atoms with E-state index in [1.165, 1.54) is 42.7 Å². The number of rotatable bonds is 4. The first-order valence-electron chi connectivity index (χ1n) is 9.56. The second-order valence-corrected chi connectivity index (χ2v) is 8.03. The second-order valence-electron chi connectivity index (χ2n) is 7.16. The molecule has 0 aliphatic carbocycles. The number of aromatic nitrogens is 1. The third kappa shape index (κ3) is 4.13. The number of carbonyl (C=O) groups excluding carboxylic acids is 2. The highest BCUT2D eigenvalue weighted by Crippen LogP contribution is 2.28. The van der Waals surface area contributed by atoms with Gasteiger partial charge in [-0.25, -0.2) is 4.98 Å². The monoisotopic (exact) mass is 384 g/mol. The zero-order valence-electron chi connectivity index (χ0n) is 15.3. The van der Waals surface area contributed by atoms with E-state index in [4.69, 9.17) is 0 Å². The molecule has 6 nitrogen and oxygen atoms in total. The predicted molar refractivity (Wildman–Crippen MR) is 108 cm³/mol. The molecule has 2 fully saturated rings. The van der Waals surface area contributed by atoms with Gasteiger partial charge in [0.15, 0.2) is 5.13 Å². The van der Waals surface area contributed by atoms with E-state index in [9.17, 15) is 9.59 Å². The summed E-state index contributed by atoms with van der Waals surface area (Å²) in [6, 6.07) is 8.05. The highest BCUT2D eigenvalue weighted by atomic mass is 32.1. The maximum absolute atomic E-state index is 12.6. The second kappa shape index (κ2) is 8.08. The van der Waals surface area contributed by atoms with Crippen LogP contribution in [0, 0.1) is 5.92 Å². The quantitative estimate of drug-likeness (QED) is 0.876. The maximum Gasteiger partial charge on any atom is 0.229 e. The summed E-state index contributed by atoms with van der Waals surface area (Å²) in [5.74, 6) is -0.488. The first kappa shape index (κ1) is 18.0. The summed E-state index contributed by atoms with van der Waals surface area (Å²) in [7, 11) is 0. The molecule has 1 aromatic carbocycles. The van der Waals surface area contributed by atoms with Gasteiger partial charge in [-0.1, -0.05) is 12.8 Å². The smallest absolute Gasteiger partial charge is 0.229 e. The van der Waals surface area contributed by atoms with E-state index in [1.54, 1.807) is 11.1 Å². The Hall–Kier alpha value is -2.41. The maximum atomic E-state index is 12.6. The average molecular weight is 385 g/mol. The molecule has 1 atom stereocenters. The van der Waals surface area contributed by atoms with E-state index < -0.39 is 0 Å². The van der Waals surface area contributed by atoms with Gasteiger partial charge in [0.1, 0.15) is 0 Å². The number of carbonyl (C=O) groups is 2. The zero-order chi connectivity index (χ0) is 18.6. The van der Waals surface area contributed by atoms with Crippen molar-refractivity contribution in [3.8, 4) is 0 Å². The summed E-state index contributed by atoms with van der Waals surface area (Å²) in [6.07, 6.45) is 7.00. The lowest BCUT2D eigenvalue weighted by atomic mass is 10.1. The molecule has 2 aromatic rings. The fourth-order valence-corrected chi connectivity index (χ4v) is 4.41. The van der Waals surface area contributed by atoms with Crippen LogP contribution in [0.1, 0.15) is 32.1 Å². The van der Waals surface area contributed by atoms with Gasteiger partial charge in [0.25, 0.3) is 0 Å². The van der Waals surface area contributed by atoms with E-state index in [-0.39, 0.29) is 24.2 Å². The SMILES string of the molecule is O=C(Nc1ccc(N2CCCCCC2)cc1)[C@H]1CC(=O)N(c2nccs2)C1. The molecule has 1 aromatic heterocycles. The minimum Gasteiger partial charge on any atom is -0.372 e. The fraction of sp³-hybridized carbons (Fsp3) is 0.450. The Labute approximate surface area is 163 Å². The Balaban J connectivity index is 1.36. The number of nitrogens with zero attached hydrogens (tertiary/aromatic N) is 3. The summed E-state index contributed by atoms with van der Waals surface area (Å²) >= 11 is 1.42. The lowest BCUT2D eigenvalue weighted by Gasteiger charge is -2.23. The molecule has 2 saturated heterocycles. The van der Waals surface area contributed by atoms with E-state index in [2.05, 4.69) is 27.3 Å². The molecule has 27 heavy (non-hydrogen) atoms. The van der Waals surface area contributed by atoms with Gasteiger partial charge in [-0.05, 0) is 37.1 Å². The van der Waals surface area contributed by atoms with Crippen molar-refractivity contribution >= 4 is 39.7 Å². The van der Waals surface area contributed by atoms with Crippen LogP contribution in [0.2, 0.25) is 0 Å². The minimum absolute atomic E-state index is 0.0402. The fourth-order valence-electron chi connectivity index (χ4n) is 3.75. The Bertz CT molecular complexity index is 783. The Morgan fingerprint density at radius 3 is 2.52 bits per heavy atom. The Morgan fingerprint density at radius 1 is 1.11 bits per heavy atom. The van der Waals surface area contributed by atoms with Crippen molar-refractivity contribution in [2.75, 3.05) is 34.8 Å². The lowest BCUT2D eigenvalue weighted by Crippen LogP contribution is -2.28. The van der Waals surface area contributed by atoms with Gasteiger partial charge >= 0.3 is 0 Å². The van der Waals surface area contributed by atoms with Gasteiger partial charge in [-0.2, -0.15) is 0 Å².